The van der Waals surface area contributed by atoms with Crippen molar-refractivity contribution in [2.24, 2.45) is 12.8 Å². The van der Waals surface area contributed by atoms with Gasteiger partial charge in [-0.3, -0.25) is 4.79 Å². The lowest BCUT2D eigenvalue weighted by atomic mass is 10.1. The van der Waals surface area contributed by atoms with Crippen molar-refractivity contribution in [3.8, 4) is 0 Å². The molecule has 118 valence electrons. The second-order valence-corrected chi connectivity index (χ2v) is 5.36. The van der Waals surface area contributed by atoms with Crippen LogP contribution < -0.4 is 5.73 Å². The number of hydrogen-bond donors (Lipinski definition) is 1. The maximum atomic E-state index is 12.7. The normalized spacial score (nSPS) is 17.4. The van der Waals surface area contributed by atoms with Crippen LogP contribution >= 0.6 is 12.4 Å². The molecule has 0 bridgehead atoms. The van der Waals surface area contributed by atoms with Crippen molar-refractivity contribution < 1.29 is 4.79 Å². The Labute approximate surface area is 135 Å². The summed E-state index contributed by atoms with van der Waals surface area (Å²) < 4.78 is 1.88. The zero-order chi connectivity index (χ0) is 14.8. The fourth-order valence-electron chi connectivity index (χ4n) is 2.82. The number of nitrogens with two attached hydrogens (primary N) is 1. The van der Waals surface area contributed by atoms with Gasteiger partial charge in [0.15, 0.2) is 5.82 Å². The number of hydrogen-bond acceptors (Lipinski definition) is 4. The Balaban J connectivity index is 0.00000176. The zero-order valence-corrected chi connectivity index (χ0v) is 13.3. The molecule has 0 aliphatic carbocycles. The SMILES string of the molecule is Cl.Cn1cnnc1C1CCCN1C(=O)c1ccc(CN)cc1. The second kappa shape index (κ2) is 6.89. The maximum absolute atomic E-state index is 12.7. The summed E-state index contributed by atoms with van der Waals surface area (Å²) in [5.41, 5.74) is 7.31. The Hall–Kier alpha value is -1.92. The van der Waals surface area contributed by atoms with Gasteiger partial charge in [0.05, 0.1) is 6.04 Å². The Morgan fingerprint density at radius 3 is 2.68 bits per heavy atom. The smallest absolute Gasteiger partial charge is 0.254 e. The van der Waals surface area contributed by atoms with Crippen molar-refractivity contribution in [3.63, 3.8) is 0 Å². The number of aryl methyl sites for hydroxylation is 1. The molecule has 3 rings (SSSR count). The molecule has 6 nitrogen and oxygen atoms in total. The first-order valence-corrected chi connectivity index (χ1v) is 7.14. The van der Waals surface area contributed by atoms with Gasteiger partial charge in [-0.15, -0.1) is 22.6 Å². The van der Waals surface area contributed by atoms with Gasteiger partial charge >= 0.3 is 0 Å². The van der Waals surface area contributed by atoms with Gasteiger partial charge in [0.2, 0.25) is 0 Å². The maximum Gasteiger partial charge on any atom is 0.254 e. The zero-order valence-electron chi connectivity index (χ0n) is 12.5. The van der Waals surface area contributed by atoms with Crippen LogP contribution in [0.25, 0.3) is 0 Å². The molecule has 1 atom stereocenters. The number of carbonyl (C=O) groups excluding carboxylic acids is 1. The molecule has 1 aromatic carbocycles. The van der Waals surface area contributed by atoms with Crippen LogP contribution in [0.5, 0.6) is 0 Å². The van der Waals surface area contributed by atoms with Crippen LogP contribution in [-0.4, -0.2) is 32.1 Å². The number of aromatic nitrogens is 3. The first-order chi connectivity index (χ1) is 10.2. The van der Waals surface area contributed by atoms with Crippen molar-refractivity contribution in [1.82, 2.24) is 19.7 Å². The molecule has 1 aliphatic rings. The van der Waals surface area contributed by atoms with E-state index in [1.54, 1.807) is 6.33 Å². The Kier molecular flexibility index (Phi) is 5.15. The van der Waals surface area contributed by atoms with Crippen LogP contribution in [0.4, 0.5) is 0 Å². The minimum Gasteiger partial charge on any atom is -0.328 e. The van der Waals surface area contributed by atoms with E-state index in [9.17, 15) is 4.79 Å². The summed E-state index contributed by atoms with van der Waals surface area (Å²) in [5.74, 6) is 0.892. The van der Waals surface area contributed by atoms with E-state index in [0.717, 1.165) is 30.8 Å². The van der Waals surface area contributed by atoms with Gasteiger partial charge in [-0.05, 0) is 30.5 Å². The van der Waals surface area contributed by atoms with E-state index >= 15 is 0 Å². The van der Waals surface area contributed by atoms with Crippen LogP contribution in [0.3, 0.4) is 0 Å². The molecule has 2 aromatic rings. The molecule has 0 spiro atoms. The van der Waals surface area contributed by atoms with E-state index in [-0.39, 0.29) is 24.4 Å². The number of benzene rings is 1. The third-order valence-corrected chi connectivity index (χ3v) is 3.99. The summed E-state index contributed by atoms with van der Waals surface area (Å²) in [4.78, 5) is 14.6. The molecule has 0 saturated carbocycles. The Bertz CT molecular complexity index is 640. The van der Waals surface area contributed by atoms with Crippen LogP contribution in [0.15, 0.2) is 30.6 Å². The average molecular weight is 322 g/mol. The van der Waals surface area contributed by atoms with Crippen LogP contribution in [0.2, 0.25) is 0 Å². The molecule has 2 N–H and O–H groups in total. The molecule has 1 fully saturated rings. The van der Waals surface area contributed by atoms with Gasteiger partial charge in [0, 0.05) is 25.7 Å². The molecule has 0 radical (unpaired) electrons. The molecule has 1 aliphatic heterocycles. The molecule has 22 heavy (non-hydrogen) atoms. The number of nitrogens with zero attached hydrogens (tertiary/aromatic N) is 4. The standard InChI is InChI=1S/C15H19N5O.ClH/c1-19-10-17-18-14(19)13-3-2-8-20(13)15(21)12-6-4-11(9-16)5-7-12;/h4-7,10,13H,2-3,8-9,16H2,1H3;1H. The van der Waals surface area contributed by atoms with E-state index in [2.05, 4.69) is 10.2 Å². The predicted molar refractivity (Wildman–Crippen MR) is 85.6 cm³/mol. The minimum absolute atomic E-state index is 0. The average Bonchev–Trinajstić information content (AvgIpc) is 3.14. The predicted octanol–water partition coefficient (Wildman–Crippen LogP) is 1.67. The van der Waals surface area contributed by atoms with Gasteiger partial charge in [-0.2, -0.15) is 0 Å². The van der Waals surface area contributed by atoms with E-state index in [1.165, 1.54) is 0 Å². The summed E-state index contributed by atoms with van der Waals surface area (Å²) >= 11 is 0. The molecule has 2 heterocycles. The molecular formula is C15H20ClN5O. The second-order valence-electron chi connectivity index (χ2n) is 5.36. The van der Waals surface area contributed by atoms with E-state index in [0.29, 0.717) is 12.1 Å². The third-order valence-electron chi connectivity index (χ3n) is 3.99. The lowest BCUT2D eigenvalue weighted by Gasteiger charge is -2.24. The largest absolute Gasteiger partial charge is 0.328 e. The van der Waals surface area contributed by atoms with Crippen molar-refractivity contribution >= 4 is 18.3 Å². The van der Waals surface area contributed by atoms with Gasteiger partial charge in [-0.25, -0.2) is 0 Å². The summed E-state index contributed by atoms with van der Waals surface area (Å²) in [5, 5.41) is 8.07. The van der Waals surface area contributed by atoms with Crippen molar-refractivity contribution in [2.45, 2.75) is 25.4 Å². The molecule has 1 saturated heterocycles. The number of carbonyl (C=O) groups is 1. The third kappa shape index (κ3) is 2.98. The van der Waals surface area contributed by atoms with Crippen LogP contribution in [-0.2, 0) is 13.6 Å². The fraction of sp³-hybridized carbons (Fsp3) is 0.400. The molecule has 1 unspecified atom stereocenters. The highest BCUT2D eigenvalue weighted by atomic mass is 35.5. The lowest BCUT2D eigenvalue weighted by molar-refractivity contribution is 0.0728. The fourth-order valence-corrected chi connectivity index (χ4v) is 2.82. The lowest BCUT2D eigenvalue weighted by Crippen LogP contribution is -2.31. The number of amides is 1. The van der Waals surface area contributed by atoms with Gasteiger partial charge in [-0.1, -0.05) is 12.1 Å². The minimum atomic E-state index is 0. The quantitative estimate of drug-likeness (QED) is 0.933. The summed E-state index contributed by atoms with van der Waals surface area (Å²) in [6.45, 7) is 1.24. The molecule has 1 amide bonds. The highest BCUT2D eigenvalue weighted by molar-refractivity contribution is 5.94. The number of halogens is 1. The Morgan fingerprint density at radius 2 is 2.09 bits per heavy atom. The van der Waals surface area contributed by atoms with E-state index in [1.807, 2.05) is 40.8 Å². The topological polar surface area (TPSA) is 77.0 Å². The number of likely N-dealkylation sites (tertiary alicyclic amines) is 1. The van der Waals surface area contributed by atoms with E-state index in [4.69, 9.17) is 5.73 Å². The monoisotopic (exact) mass is 321 g/mol. The van der Waals surface area contributed by atoms with Gasteiger partial charge in [0.1, 0.15) is 6.33 Å². The van der Waals surface area contributed by atoms with Crippen molar-refractivity contribution in [2.75, 3.05) is 6.54 Å². The van der Waals surface area contributed by atoms with E-state index < -0.39 is 0 Å². The summed E-state index contributed by atoms with van der Waals surface area (Å²) in [7, 11) is 1.91. The van der Waals surface area contributed by atoms with Gasteiger partial charge in [0.25, 0.3) is 5.91 Å². The molecule has 1 aromatic heterocycles. The highest BCUT2D eigenvalue weighted by Gasteiger charge is 2.33. The first-order valence-electron chi connectivity index (χ1n) is 7.14. The van der Waals surface area contributed by atoms with Crippen molar-refractivity contribution in [1.29, 1.82) is 0 Å². The van der Waals surface area contributed by atoms with Crippen LogP contribution in [0, 0.1) is 0 Å². The molecule has 7 heteroatoms. The summed E-state index contributed by atoms with van der Waals surface area (Å²) in [6.07, 6.45) is 3.59. The highest BCUT2D eigenvalue weighted by Crippen LogP contribution is 2.31. The Morgan fingerprint density at radius 1 is 1.36 bits per heavy atom. The molecular weight excluding hydrogens is 302 g/mol. The first kappa shape index (κ1) is 16.5. The number of rotatable bonds is 3. The summed E-state index contributed by atoms with van der Waals surface area (Å²) in [6, 6.07) is 7.51. The van der Waals surface area contributed by atoms with Crippen LogP contribution in [0.1, 0.15) is 40.6 Å². The van der Waals surface area contributed by atoms with Gasteiger partial charge < -0.3 is 15.2 Å². The van der Waals surface area contributed by atoms with Crippen molar-refractivity contribution in [3.05, 3.63) is 47.5 Å².